The van der Waals surface area contributed by atoms with Crippen molar-refractivity contribution in [1.82, 2.24) is 9.78 Å². The van der Waals surface area contributed by atoms with Crippen LogP contribution >= 0.6 is 11.3 Å². The number of carbonyl (C=O) groups excluding carboxylic acids is 2. The van der Waals surface area contributed by atoms with E-state index in [1.807, 2.05) is 0 Å². The molecule has 0 saturated heterocycles. The number of methoxy groups -OCH3 is 1. The van der Waals surface area contributed by atoms with Crippen molar-refractivity contribution in [3.63, 3.8) is 0 Å². The van der Waals surface area contributed by atoms with Crippen molar-refractivity contribution < 1.29 is 19.2 Å². The molecule has 2 aromatic rings. The highest BCUT2D eigenvalue weighted by Gasteiger charge is 2.34. The summed E-state index contributed by atoms with van der Waals surface area (Å²) in [7, 11) is 1.33. The summed E-state index contributed by atoms with van der Waals surface area (Å²) in [6, 6.07) is 0. The third kappa shape index (κ3) is 4.48. The van der Waals surface area contributed by atoms with Gasteiger partial charge in [-0.15, -0.1) is 11.3 Å². The Labute approximate surface area is 184 Å². The number of nitrogens with one attached hydrogen (secondary N) is 1. The van der Waals surface area contributed by atoms with Crippen LogP contribution in [-0.4, -0.2) is 33.7 Å². The molecule has 9 nitrogen and oxygen atoms in total. The molecule has 0 spiro atoms. The molecule has 1 unspecified atom stereocenters. The van der Waals surface area contributed by atoms with Gasteiger partial charge in [0.2, 0.25) is 5.91 Å². The molecule has 1 aliphatic rings. The van der Waals surface area contributed by atoms with Gasteiger partial charge in [0.05, 0.1) is 17.6 Å². The molecular formula is C21H28N4O5S. The van der Waals surface area contributed by atoms with Crippen molar-refractivity contribution in [2.24, 2.45) is 11.3 Å². The lowest BCUT2D eigenvalue weighted by Crippen LogP contribution is -2.26. The maximum atomic E-state index is 12.7. The lowest BCUT2D eigenvalue weighted by molar-refractivity contribution is -0.386. The number of anilines is 1. The number of fused-ring (bicyclic) bond motifs is 1. The van der Waals surface area contributed by atoms with E-state index >= 15 is 0 Å². The van der Waals surface area contributed by atoms with E-state index in [9.17, 15) is 19.7 Å². The van der Waals surface area contributed by atoms with Crippen molar-refractivity contribution in [1.29, 1.82) is 0 Å². The molecule has 2 heterocycles. The third-order valence-corrected chi connectivity index (χ3v) is 7.12. The monoisotopic (exact) mass is 448 g/mol. The quantitative estimate of drug-likeness (QED) is 0.419. The molecule has 0 radical (unpaired) electrons. The molecule has 2 aromatic heterocycles. The number of aromatic nitrogens is 2. The summed E-state index contributed by atoms with van der Waals surface area (Å²) in [5, 5.41) is 18.6. The molecule has 31 heavy (non-hydrogen) atoms. The first-order valence-electron chi connectivity index (χ1n) is 10.1. The van der Waals surface area contributed by atoms with Gasteiger partial charge in [0.25, 0.3) is 0 Å². The van der Waals surface area contributed by atoms with Gasteiger partial charge in [0, 0.05) is 4.88 Å². The Balaban J connectivity index is 1.87. The van der Waals surface area contributed by atoms with Crippen molar-refractivity contribution in [2.75, 3.05) is 12.4 Å². The average Bonchev–Trinajstić information content (AvgIpc) is 3.15. The number of nitrogens with zero attached hydrogens (tertiary/aromatic N) is 3. The van der Waals surface area contributed by atoms with Gasteiger partial charge in [0.15, 0.2) is 0 Å². The lowest BCUT2D eigenvalue weighted by atomic mass is 9.72. The fourth-order valence-electron chi connectivity index (χ4n) is 4.14. The normalized spacial score (nSPS) is 16.0. The highest BCUT2D eigenvalue weighted by atomic mass is 32.1. The average molecular weight is 449 g/mol. The number of thiophene rings is 1. The summed E-state index contributed by atoms with van der Waals surface area (Å²) in [6.45, 7) is 9.55. The van der Waals surface area contributed by atoms with E-state index < -0.39 is 16.8 Å². The summed E-state index contributed by atoms with van der Waals surface area (Å²) in [6.07, 6.45) is 2.59. The minimum Gasteiger partial charge on any atom is -0.465 e. The second-order valence-corrected chi connectivity index (χ2v) is 10.1. The first kappa shape index (κ1) is 22.9. The molecule has 0 fully saturated rings. The zero-order valence-corrected chi connectivity index (χ0v) is 19.5. The van der Waals surface area contributed by atoms with Crippen LogP contribution in [0.25, 0.3) is 0 Å². The second kappa shape index (κ2) is 8.41. The summed E-state index contributed by atoms with van der Waals surface area (Å²) < 4.78 is 6.29. The Bertz CT molecular complexity index is 1050. The van der Waals surface area contributed by atoms with Crippen LogP contribution in [0.5, 0.6) is 0 Å². The number of nitro groups is 1. The Morgan fingerprint density at radius 1 is 1.35 bits per heavy atom. The van der Waals surface area contributed by atoms with Gasteiger partial charge in [-0.25, -0.2) is 4.79 Å². The van der Waals surface area contributed by atoms with Crippen LogP contribution in [0.4, 0.5) is 10.7 Å². The molecule has 10 heteroatoms. The van der Waals surface area contributed by atoms with Crippen molar-refractivity contribution in [3.8, 4) is 0 Å². The summed E-state index contributed by atoms with van der Waals surface area (Å²) in [5.74, 6) is -0.386. The van der Waals surface area contributed by atoms with Gasteiger partial charge in [-0.05, 0) is 50.0 Å². The lowest BCUT2D eigenvalue weighted by Gasteiger charge is -2.33. The van der Waals surface area contributed by atoms with Crippen LogP contribution < -0.4 is 5.32 Å². The molecular weight excluding hydrogens is 420 g/mol. The van der Waals surface area contributed by atoms with E-state index in [2.05, 4.69) is 31.2 Å². The smallest absolute Gasteiger partial charge is 0.341 e. The maximum Gasteiger partial charge on any atom is 0.341 e. The number of ether oxygens (including phenoxy) is 1. The number of hydrogen-bond donors (Lipinski definition) is 1. The molecule has 0 bridgehead atoms. The summed E-state index contributed by atoms with van der Waals surface area (Å²) in [5.41, 5.74) is 2.00. The zero-order chi connectivity index (χ0) is 23.1. The molecule has 1 aliphatic carbocycles. The molecule has 0 saturated carbocycles. The molecule has 0 aliphatic heterocycles. The predicted octanol–water partition coefficient (Wildman–Crippen LogP) is 4.05. The first-order valence-corrected chi connectivity index (χ1v) is 11.0. The number of esters is 1. The Morgan fingerprint density at radius 3 is 2.58 bits per heavy atom. The third-order valence-electron chi connectivity index (χ3n) is 5.95. The van der Waals surface area contributed by atoms with Gasteiger partial charge in [-0.1, -0.05) is 20.8 Å². The standard InChI is InChI=1S/C21H28N4O5S/c1-11-18(25(28)29)12(2)24(23-11)10-16(26)22-19-17(20(27)30-6)14-8-7-13(21(3,4)5)9-15(14)31-19/h13H,7-10H2,1-6H3,(H,22,26). The number of aryl methyl sites for hydroxylation is 1. The summed E-state index contributed by atoms with van der Waals surface area (Å²) >= 11 is 1.41. The van der Waals surface area contributed by atoms with E-state index in [1.165, 1.54) is 30.1 Å². The van der Waals surface area contributed by atoms with Gasteiger partial charge in [-0.2, -0.15) is 5.10 Å². The van der Waals surface area contributed by atoms with Crippen LogP contribution in [0, 0.1) is 35.3 Å². The molecule has 0 aromatic carbocycles. The van der Waals surface area contributed by atoms with Crippen LogP contribution in [0.3, 0.4) is 0 Å². The van der Waals surface area contributed by atoms with Crippen LogP contribution in [0.1, 0.15) is 59.4 Å². The largest absolute Gasteiger partial charge is 0.465 e. The van der Waals surface area contributed by atoms with Crippen molar-refractivity contribution in [3.05, 3.63) is 37.5 Å². The van der Waals surface area contributed by atoms with Crippen molar-refractivity contribution >= 4 is 33.9 Å². The highest BCUT2D eigenvalue weighted by Crippen LogP contribution is 2.44. The predicted molar refractivity (Wildman–Crippen MR) is 118 cm³/mol. The Kier molecular flexibility index (Phi) is 6.22. The van der Waals surface area contributed by atoms with Crippen LogP contribution in [0.15, 0.2) is 0 Å². The van der Waals surface area contributed by atoms with Crippen LogP contribution in [0.2, 0.25) is 0 Å². The van der Waals surface area contributed by atoms with E-state index in [-0.39, 0.29) is 23.3 Å². The summed E-state index contributed by atoms with van der Waals surface area (Å²) in [4.78, 5) is 37.0. The molecule has 1 N–H and O–H groups in total. The second-order valence-electron chi connectivity index (χ2n) is 8.99. The van der Waals surface area contributed by atoms with Gasteiger partial charge in [-0.3, -0.25) is 19.6 Å². The molecule has 1 atom stereocenters. The van der Waals surface area contributed by atoms with E-state index in [0.717, 1.165) is 29.7 Å². The van der Waals surface area contributed by atoms with Gasteiger partial charge >= 0.3 is 11.7 Å². The van der Waals surface area contributed by atoms with Gasteiger partial charge < -0.3 is 10.1 Å². The molecule has 168 valence electrons. The van der Waals surface area contributed by atoms with E-state index in [4.69, 9.17) is 4.74 Å². The molecule has 1 amide bonds. The number of rotatable bonds is 5. The van der Waals surface area contributed by atoms with Crippen molar-refractivity contribution in [2.45, 2.75) is 60.4 Å². The minimum absolute atomic E-state index is 0.0946. The number of carbonyl (C=O) groups is 2. The maximum absolute atomic E-state index is 12.7. The topological polar surface area (TPSA) is 116 Å². The fraction of sp³-hybridized carbons (Fsp3) is 0.571. The first-order chi connectivity index (χ1) is 14.4. The zero-order valence-electron chi connectivity index (χ0n) is 18.7. The minimum atomic E-state index is -0.500. The van der Waals surface area contributed by atoms with E-state index in [1.54, 1.807) is 6.92 Å². The number of hydrogen-bond acceptors (Lipinski definition) is 7. The Morgan fingerprint density at radius 2 is 2.03 bits per heavy atom. The fourth-order valence-corrected chi connectivity index (χ4v) is 5.47. The SMILES string of the molecule is COC(=O)c1c(NC(=O)Cn2nc(C)c([N+](=O)[O-])c2C)sc2c1CCC(C(C)(C)C)C2. The van der Waals surface area contributed by atoms with E-state index in [0.29, 0.717) is 22.2 Å². The Hall–Kier alpha value is -2.75. The van der Waals surface area contributed by atoms with Crippen LogP contribution in [-0.2, 0) is 28.9 Å². The highest BCUT2D eigenvalue weighted by molar-refractivity contribution is 7.17. The number of amides is 1. The van der Waals surface area contributed by atoms with Gasteiger partial charge in [0.1, 0.15) is 22.9 Å². The molecule has 3 rings (SSSR count).